The van der Waals surface area contributed by atoms with Crippen molar-refractivity contribution in [1.29, 1.82) is 0 Å². The van der Waals surface area contributed by atoms with E-state index in [4.69, 9.17) is 5.11 Å². The van der Waals surface area contributed by atoms with Crippen molar-refractivity contribution in [3.8, 4) is 11.8 Å². The molecule has 16 heavy (non-hydrogen) atoms. The third-order valence-electron chi connectivity index (χ3n) is 2.83. The van der Waals surface area contributed by atoms with E-state index in [-0.39, 0.29) is 11.9 Å². The van der Waals surface area contributed by atoms with Crippen molar-refractivity contribution in [3.05, 3.63) is 0 Å². The molecule has 0 bridgehead atoms. The lowest BCUT2D eigenvalue weighted by molar-refractivity contribution is -0.133. The van der Waals surface area contributed by atoms with Gasteiger partial charge in [0.1, 0.15) is 0 Å². The molecule has 0 aromatic carbocycles. The molecule has 0 radical (unpaired) electrons. The smallest absolute Gasteiger partial charge is 0.381 e. The second kappa shape index (κ2) is 6.16. The Morgan fingerprint density at radius 3 is 2.81 bits per heavy atom. The van der Waals surface area contributed by atoms with Crippen LogP contribution >= 0.6 is 0 Å². The number of amides is 1. The maximum absolute atomic E-state index is 11.3. The van der Waals surface area contributed by atoms with E-state index in [9.17, 15) is 9.59 Å². The van der Waals surface area contributed by atoms with Crippen LogP contribution in [0.25, 0.3) is 0 Å². The number of carboxylic acid groups (broad SMARTS) is 1. The molecule has 4 heteroatoms. The van der Waals surface area contributed by atoms with Gasteiger partial charge in [0.2, 0.25) is 5.91 Å². The summed E-state index contributed by atoms with van der Waals surface area (Å²) < 4.78 is 0. The summed E-state index contributed by atoms with van der Waals surface area (Å²) in [6.07, 6.45) is 4.53. The molecule has 1 N–H and O–H groups in total. The van der Waals surface area contributed by atoms with Gasteiger partial charge in [0.25, 0.3) is 0 Å². The lowest BCUT2D eigenvalue weighted by Gasteiger charge is -2.34. The highest BCUT2D eigenvalue weighted by atomic mass is 16.4. The Balaban J connectivity index is 2.42. The monoisotopic (exact) mass is 223 g/mol. The Morgan fingerprint density at radius 1 is 1.44 bits per heavy atom. The molecule has 0 spiro atoms. The van der Waals surface area contributed by atoms with Gasteiger partial charge >= 0.3 is 5.97 Å². The number of carbonyl (C=O) groups excluding carboxylic acids is 1. The first-order chi connectivity index (χ1) is 7.61. The molecule has 0 aliphatic carbocycles. The first-order valence-electron chi connectivity index (χ1n) is 5.60. The van der Waals surface area contributed by atoms with Crippen LogP contribution in [-0.4, -0.2) is 34.5 Å². The summed E-state index contributed by atoms with van der Waals surface area (Å²) in [5.41, 5.74) is 0. The number of carboxylic acids is 1. The molecular weight excluding hydrogens is 206 g/mol. The maximum atomic E-state index is 11.3. The van der Waals surface area contributed by atoms with E-state index in [0.717, 1.165) is 32.2 Å². The molecule has 0 saturated carbocycles. The first-order valence-corrected chi connectivity index (χ1v) is 5.60. The molecule has 1 amide bonds. The fourth-order valence-corrected chi connectivity index (χ4v) is 2.09. The molecule has 1 saturated heterocycles. The van der Waals surface area contributed by atoms with Crippen molar-refractivity contribution in [3.63, 3.8) is 0 Å². The number of aliphatic carboxylic acids is 1. The molecular formula is C12H17NO3. The van der Waals surface area contributed by atoms with Crippen LogP contribution in [0.5, 0.6) is 0 Å². The van der Waals surface area contributed by atoms with Gasteiger partial charge in [-0.25, -0.2) is 4.79 Å². The van der Waals surface area contributed by atoms with Crippen LogP contribution in [-0.2, 0) is 9.59 Å². The zero-order valence-corrected chi connectivity index (χ0v) is 9.53. The number of rotatable bonds is 2. The minimum absolute atomic E-state index is 0.107. The Hall–Kier alpha value is -1.50. The minimum atomic E-state index is -1.09. The third kappa shape index (κ3) is 3.93. The van der Waals surface area contributed by atoms with Crippen molar-refractivity contribution in [2.24, 2.45) is 0 Å². The molecule has 4 nitrogen and oxygen atoms in total. The summed E-state index contributed by atoms with van der Waals surface area (Å²) in [6.45, 7) is 2.41. The highest BCUT2D eigenvalue weighted by Gasteiger charge is 2.23. The van der Waals surface area contributed by atoms with Crippen LogP contribution < -0.4 is 0 Å². The number of nitrogens with zero attached hydrogens (tertiary/aromatic N) is 1. The van der Waals surface area contributed by atoms with E-state index in [0.29, 0.717) is 6.42 Å². The summed E-state index contributed by atoms with van der Waals surface area (Å²) in [6, 6.07) is 0.245. The highest BCUT2D eigenvalue weighted by Crippen LogP contribution is 2.20. The van der Waals surface area contributed by atoms with Crippen molar-refractivity contribution in [2.75, 3.05) is 6.54 Å². The van der Waals surface area contributed by atoms with Crippen LogP contribution in [0.2, 0.25) is 0 Å². The third-order valence-corrected chi connectivity index (χ3v) is 2.83. The molecule has 1 unspecified atom stereocenters. The Bertz CT molecular complexity index is 327. The highest BCUT2D eigenvalue weighted by molar-refractivity contribution is 5.86. The van der Waals surface area contributed by atoms with Crippen molar-refractivity contribution < 1.29 is 14.7 Å². The van der Waals surface area contributed by atoms with E-state index in [1.165, 1.54) is 0 Å². The van der Waals surface area contributed by atoms with Gasteiger partial charge in [0, 0.05) is 31.9 Å². The van der Waals surface area contributed by atoms with Gasteiger partial charge in [-0.15, -0.1) is 0 Å². The quantitative estimate of drug-likeness (QED) is 0.717. The number of hydrogen-bond donors (Lipinski definition) is 1. The number of hydrogen-bond acceptors (Lipinski definition) is 2. The van der Waals surface area contributed by atoms with Crippen molar-refractivity contribution in [2.45, 2.75) is 45.1 Å². The Labute approximate surface area is 95.6 Å². The minimum Gasteiger partial charge on any atom is -0.472 e. The fourth-order valence-electron chi connectivity index (χ4n) is 2.09. The standard InChI is InChI=1S/C12H17NO3/c1-10(14)13-9-5-4-7-11(13)6-2-3-8-12(15)16/h11H,2,4-7,9H2,1H3,(H,15,16). The largest absolute Gasteiger partial charge is 0.472 e. The summed E-state index contributed by atoms with van der Waals surface area (Å²) in [4.78, 5) is 23.4. The van der Waals surface area contributed by atoms with Gasteiger partial charge in [0.05, 0.1) is 0 Å². The van der Waals surface area contributed by atoms with Gasteiger partial charge in [0.15, 0.2) is 0 Å². The number of likely N-dealkylation sites (tertiary alicyclic amines) is 1. The lowest BCUT2D eigenvalue weighted by Crippen LogP contribution is -2.42. The predicted molar refractivity (Wildman–Crippen MR) is 59.7 cm³/mol. The van der Waals surface area contributed by atoms with Crippen LogP contribution in [0, 0.1) is 11.8 Å². The van der Waals surface area contributed by atoms with Gasteiger partial charge < -0.3 is 10.0 Å². The van der Waals surface area contributed by atoms with Crippen LogP contribution in [0.3, 0.4) is 0 Å². The Kier molecular flexibility index (Phi) is 4.84. The molecule has 1 aliphatic heterocycles. The lowest BCUT2D eigenvalue weighted by atomic mass is 9.98. The zero-order valence-electron chi connectivity index (χ0n) is 9.53. The van der Waals surface area contributed by atoms with E-state index in [1.807, 2.05) is 4.90 Å². The topological polar surface area (TPSA) is 57.6 Å². The molecule has 1 heterocycles. The first kappa shape index (κ1) is 12.6. The molecule has 1 atom stereocenters. The van der Waals surface area contributed by atoms with Gasteiger partial charge in [-0.1, -0.05) is 5.92 Å². The normalized spacial score (nSPS) is 19.8. The van der Waals surface area contributed by atoms with E-state index in [2.05, 4.69) is 11.8 Å². The summed E-state index contributed by atoms with van der Waals surface area (Å²) in [5, 5.41) is 8.35. The maximum Gasteiger partial charge on any atom is 0.381 e. The van der Waals surface area contributed by atoms with E-state index in [1.54, 1.807) is 6.92 Å². The Morgan fingerprint density at radius 2 is 2.19 bits per heavy atom. The fraction of sp³-hybridized carbons (Fsp3) is 0.667. The average Bonchev–Trinajstić information content (AvgIpc) is 2.24. The predicted octanol–water partition coefficient (Wildman–Crippen LogP) is 1.26. The zero-order chi connectivity index (χ0) is 12.0. The second-order valence-corrected chi connectivity index (χ2v) is 4.01. The summed E-state index contributed by atoms with van der Waals surface area (Å²) >= 11 is 0. The number of carbonyl (C=O) groups is 2. The van der Waals surface area contributed by atoms with Crippen LogP contribution in [0.15, 0.2) is 0 Å². The van der Waals surface area contributed by atoms with E-state index < -0.39 is 5.97 Å². The number of piperidine rings is 1. The summed E-state index contributed by atoms with van der Waals surface area (Å²) in [7, 11) is 0. The van der Waals surface area contributed by atoms with Gasteiger partial charge in [-0.05, 0) is 25.7 Å². The molecule has 88 valence electrons. The van der Waals surface area contributed by atoms with Crippen molar-refractivity contribution in [1.82, 2.24) is 4.90 Å². The summed E-state index contributed by atoms with van der Waals surface area (Å²) in [5.74, 6) is 3.71. The molecule has 1 aliphatic rings. The SMILES string of the molecule is CC(=O)N1CCCCC1CCC#CC(=O)O. The molecule has 0 aromatic heterocycles. The molecule has 1 rings (SSSR count). The van der Waals surface area contributed by atoms with E-state index >= 15 is 0 Å². The molecule has 1 fully saturated rings. The van der Waals surface area contributed by atoms with Crippen LogP contribution in [0.1, 0.15) is 39.0 Å². The van der Waals surface area contributed by atoms with Crippen LogP contribution in [0.4, 0.5) is 0 Å². The van der Waals surface area contributed by atoms with Gasteiger partial charge in [-0.2, -0.15) is 0 Å². The molecule has 0 aromatic rings. The average molecular weight is 223 g/mol. The van der Waals surface area contributed by atoms with Crippen molar-refractivity contribution >= 4 is 11.9 Å². The second-order valence-electron chi connectivity index (χ2n) is 4.01. The van der Waals surface area contributed by atoms with Gasteiger partial charge in [-0.3, -0.25) is 4.79 Å².